The lowest BCUT2D eigenvalue weighted by atomic mass is 10.1. The second-order valence-corrected chi connectivity index (χ2v) is 7.55. The standard InChI is InChI=1S/C22H24FN5O3/c1-14-9-19(23)18(11-20(14)28(13-29)17-7-8-17)22(31)25-16-6-4-5-15(10-16)21(30)26-24-12-27(2)3/h4-6,9-13,17H,7-8H2,1-3H3,(H,25,31)(H,26,30). The molecule has 0 radical (unpaired) electrons. The summed E-state index contributed by atoms with van der Waals surface area (Å²) in [6.45, 7) is 1.69. The summed E-state index contributed by atoms with van der Waals surface area (Å²) in [5.41, 5.74) is 3.88. The first-order valence-corrected chi connectivity index (χ1v) is 9.75. The van der Waals surface area contributed by atoms with Crippen LogP contribution >= 0.6 is 0 Å². The Morgan fingerprint density at radius 2 is 1.90 bits per heavy atom. The van der Waals surface area contributed by atoms with Crippen LogP contribution < -0.4 is 15.6 Å². The number of halogens is 1. The minimum atomic E-state index is -0.688. The Morgan fingerprint density at radius 1 is 1.16 bits per heavy atom. The molecule has 1 saturated carbocycles. The van der Waals surface area contributed by atoms with Gasteiger partial charge >= 0.3 is 0 Å². The Labute approximate surface area is 179 Å². The molecule has 1 aliphatic rings. The van der Waals surface area contributed by atoms with E-state index in [-0.39, 0.29) is 17.2 Å². The van der Waals surface area contributed by atoms with Crippen molar-refractivity contribution < 1.29 is 18.8 Å². The lowest BCUT2D eigenvalue weighted by Gasteiger charge is -2.20. The molecule has 0 heterocycles. The maximum atomic E-state index is 14.5. The van der Waals surface area contributed by atoms with Crippen molar-refractivity contribution in [1.29, 1.82) is 0 Å². The summed E-state index contributed by atoms with van der Waals surface area (Å²) in [7, 11) is 3.53. The molecule has 2 N–H and O–H groups in total. The highest BCUT2D eigenvalue weighted by Gasteiger charge is 2.31. The molecular formula is C22H24FN5O3. The molecule has 0 spiro atoms. The molecule has 9 heteroatoms. The maximum Gasteiger partial charge on any atom is 0.271 e. The van der Waals surface area contributed by atoms with Crippen molar-refractivity contribution in [3.8, 4) is 0 Å². The van der Waals surface area contributed by atoms with E-state index in [0.29, 0.717) is 23.3 Å². The molecule has 2 aromatic carbocycles. The molecule has 3 rings (SSSR count). The zero-order valence-electron chi connectivity index (χ0n) is 17.6. The van der Waals surface area contributed by atoms with E-state index in [1.54, 1.807) is 44.1 Å². The summed E-state index contributed by atoms with van der Waals surface area (Å²) < 4.78 is 14.5. The number of hydrogen-bond acceptors (Lipinski definition) is 4. The number of carbonyl (C=O) groups excluding carboxylic acids is 3. The van der Waals surface area contributed by atoms with Crippen molar-refractivity contribution in [2.24, 2.45) is 5.10 Å². The number of benzene rings is 2. The number of hydrogen-bond donors (Lipinski definition) is 2. The smallest absolute Gasteiger partial charge is 0.271 e. The van der Waals surface area contributed by atoms with Crippen LogP contribution in [-0.2, 0) is 4.79 Å². The summed E-state index contributed by atoms with van der Waals surface area (Å²) in [4.78, 5) is 39.6. The molecule has 0 saturated heterocycles. The number of nitrogens with one attached hydrogen (secondary N) is 2. The van der Waals surface area contributed by atoms with Crippen molar-refractivity contribution in [2.75, 3.05) is 24.3 Å². The van der Waals surface area contributed by atoms with E-state index in [0.717, 1.165) is 12.8 Å². The van der Waals surface area contributed by atoms with Gasteiger partial charge < -0.3 is 15.1 Å². The average molecular weight is 425 g/mol. The number of aryl methyl sites for hydroxylation is 1. The van der Waals surface area contributed by atoms with Crippen molar-refractivity contribution in [3.05, 3.63) is 58.9 Å². The van der Waals surface area contributed by atoms with Gasteiger partial charge in [-0.3, -0.25) is 14.4 Å². The van der Waals surface area contributed by atoms with Gasteiger partial charge in [-0.15, -0.1) is 0 Å². The van der Waals surface area contributed by atoms with Crippen molar-refractivity contribution in [1.82, 2.24) is 10.3 Å². The molecular weight excluding hydrogens is 401 g/mol. The summed E-state index contributed by atoms with van der Waals surface area (Å²) in [5, 5.41) is 6.39. The van der Waals surface area contributed by atoms with E-state index in [1.807, 2.05) is 0 Å². The van der Waals surface area contributed by atoms with Gasteiger partial charge in [0.15, 0.2) is 0 Å². The second-order valence-electron chi connectivity index (χ2n) is 7.55. The largest absolute Gasteiger partial charge is 0.367 e. The van der Waals surface area contributed by atoms with Gasteiger partial charge in [0, 0.05) is 37.1 Å². The number of amides is 3. The fraction of sp³-hybridized carbons (Fsp3) is 0.273. The summed E-state index contributed by atoms with van der Waals surface area (Å²) >= 11 is 0. The third-order valence-electron chi connectivity index (χ3n) is 4.70. The first-order valence-electron chi connectivity index (χ1n) is 9.75. The first-order chi connectivity index (χ1) is 14.8. The number of nitrogens with zero attached hydrogens (tertiary/aromatic N) is 3. The maximum absolute atomic E-state index is 14.5. The zero-order valence-corrected chi connectivity index (χ0v) is 17.6. The minimum absolute atomic E-state index is 0.0860. The van der Waals surface area contributed by atoms with Crippen LogP contribution in [0.4, 0.5) is 15.8 Å². The molecule has 0 unspecified atom stereocenters. The quantitative estimate of drug-likeness (QED) is 0.294. The predicted octanol–water partition coefficient (Wildman–Crippen LogP) is 2.75. The minimum Gasteiger partial charge on any atom is -0.367 e. The highest BCUT2D eigenvalue weighted by Crippen LogP contribution is 2.33. The van der Waals surface area contributed by atoms with Crippen LogP contribution in [-0.4, -0.2) is 49.6 Å². The molecule has 1 aliphatic carbocycles. The highest BCUT2D eigenvalue weighted by atomic mass is 19.1. The predicted molar refractivity (Wildman–Crippen MR) is 117 cm³/mol. The molecule has 0 aliphatic heterocycles. The highest BCUT2D eigenvalue weighted by molar-refractivity contribution is 6.06. The Bertz CT molecular complexity index is 1030. The van der Waals surface area contributed by atoms with Gasteiger partial charge in [-0.1, -0.05) is 6.07 Å². The van der Waals surface area contributed by atoms with Crippen LogP contribution in [0.3, 0.4) is 0 Å². The average Bonchev–Trinajstić information content (AvgIpc) is 3.55. The van der Waals surface area contributed by atoms with Gasteiger partial charge in [0.05, 0.1) is 5.56 Å². The molecule has 162 valence electrons. The molecule has 0 bridgehead atoms. The third kappa shape index (κ3) is 5.44. The second kappa shape index (κ2) is 9.38. The first kappa shape index (κ1) is 21.9. The Hall–Kier alpha value is -3.75. The summed E-state index contributed by atoms with van der Waals surface area (Å²) in [5.74, 6) is -1.82. The molecule has 1 fully saturated rings. The summed E-state index contributed by atoms with van der Waals surface area (Å²) in [6.07, 6.45) is 3.90. The number of carbonyl (C=O) groups is 3. The van der Waals surface area contributed by atoms with Crippen LogP contribution in [0.5, 0.6) is 0 Å². The van der Waals surface area contributed by atoms with Crippen molar-refractivity contribution >= 4 is 35.9 Å². The van der Waals surface area contributed by atoms with E-state index in [1.165, 1.54) is 29.4 Å². The normalized spacial score (nSPS) is 13.0. The van der Waals surface area contributed by atoms with Crippen LogP contribution in [0.25, 0.3) is 0 Å². The van der Waals surface area contributed by atoms with E-state index in [9.17, 15) is 18.8 Å². The fourth-order valence-corrected chi connectivity index (χ4v) is 3.01. The topological polar surface area (TPSA) is 94.1 Å². The monoisotopic (exact) mass is 425 g/mol. The summed E-state index contributed by atoms with van der Waals surface area (Å²) in [6, 6.07) is 8.94. The number of rotatable bonds is 8. The lowest BCUT2D eigenvalue weighted by Crippen LogP contribution is -2.25. The molecule has 2 aromatic rings. The van der Waals surface area contributed by atoms with Crippen LogP contribution in [0.1, 0.15) is 39.1 Å². The lowest BCUT2D eigenvalue weighted by molar-refractivity contribution is -0.107. The van der Waals surface area contributed by atoms with E-state index >= 15 is 0 Å². The molecule has 0 aromatic heterocycles. The molecule has 0 atom stereocenters. The van der Waals surface area contributed by atoms with E-state index in [4.69, 9.17) is 0 Å². The number of hydrazone groups is 1. The van der Waals surface area contributed by atoms with Crippen molar-refractivity contribution in [2.45, 2.75) is 25.8 Å². The Morgan fingerprint density at radius 3 is 2.55 bits per heavy atom. The Kier molecular flexibility index (Phi) is 6.64. The molecule has 8 nitrogen and oxygen atoms in total. The van der Waals surface area contributed by atoms with Crippen LogP contribution in [0, 0.1) is 12.7 Å². The fourth-order valence-electron chi connectivity index (χ4n) is 3.01. The van der Waals surface area contributed by atoms with Crippen LogP contribution in [0.15, 0.2) is 41.5 Å². The Balaban J connectivity index is 1.78. The molecule has 31 heavy (non-hydrogen) atoms. The third-order valence-corrected chi connectivity index (χ3v) is 4.70. The van der Waals surface area contributed by atoms with Gasteiger partial charge in [0.25, 0.3) is 11.8 Å². The molecule has 3 amide bonds. The van der Waals surface area contributed by atoms with Gasteiger partial charge in [0.2, 0.25) is 6.41 Å². The zero-order chi connectivity index (χ0) is 22.5. The van der Waals surface area contributed by atoms with E-state index < -0.39 is 17.6 Å². The SMILES string of the molecule is Cc1cc(F)c(C(=O)Nc2cccc(C(=O)NN=CN(C)C)c2)cc1N(C=O)C1CC1. The van der Waals surface area contributed by atoms with Crippen molar-refractivity contribution in [3.63, 3.8) is 0 Å². The van der Waals surface area contributed by atoms with Gasteiger partial charge in [-0.25, -0.2) is 9.82 Å². The van der Waals surface area contributed by atoms with Gasteiger partial charge in [-0.2, -0.15) is 5.10 Å². The van der Waals surface area contributed by atoms with Gasteiger partial charge in [-0.05, 0) is 55.7 Å². The van der Waals surface area contributed by atoms with Crippen LogP contribution in [0.2, 0.25) is 0 Å². The van der Waals surface area contributed by atoms with E-state index in [2.05, 4.69) is 15.8 Å². The number of anilines is 2. The van der Waals surface area contributed by atoms with Gasteiger partial charge in [0.1, 0.15) is 12.2 Å².